The fourth-order valence-corrected chi connectivity index (χ4v) is 2.39. The van der Waals surface area contributed by atoms with Crippen LogP contribution < -0.4 is 11.1 Å². The Hall–Kier alpha value is -1.42. The number of nitrogens with one attached hydrogen (secondary N) is 1. The molecule has 4 heteroatoms. The molecule has 1 aliphatic carbocycles. The van der Waals surface area contributed by atoms with E-state index in [0.29, 0.717) is 4.99 Å². The van der Waals surface area contributed by atoms with Gasteiger partial charge in [0, 0.05) is 5.69 Å². The first-order valence-electron chi connectivity index (χ1n) is 5.73. The van der Waals surface area contributed by atoms with Crippen LogP contribution in [0.3, 0.4) is 0 Å². The molecule has 1 fully saturated rings. The molecule has 0 aromatic heterocycles. The second-order valence-electron chi connectivity index (χ2n) is 4.62. The molecule has 0 radical (unpaired) electrons. The second kappa shape index (κ2) is 4.45. The van der Waals surface area contributed by atoms with E-state index in [1.54, 1.807) is 0 Å². The number of carbonyl (C=O) groups excluding carboxylic acids is 1. The summed E-state index contributed by atoms with van der Waals surface area (Å²) in [7, 11) is 0. The zero-order valence-electron chi connectivity index (χ0n) is 9.82. The lowest BCUT2D eigenvalue weighted by atomic mass is 9.68. The van der Waals surface area contributed by atoms with E-state index in [9.17, 15) is 4.79 Å². The summed E-state index contributed by atoms with van der Waals surface area (Å²) in [6, 6.07) is 7.71. The van der Waals surface area contributed by atoms with Crippen molar-refractivity contribution in [2.24, 2.45) is 11.1 Å². The molecule has 1 aliphatic rings. The Morgan fingerprint density at radius 2 is 2.18 bits per heavy atom. The molecule has 3 nitrogen and oxygen atoms in total. The van der Waals surface area contributed by atoms with Crippen molar-refractivity contribution in [1.29, 1.82) is 0 Å². The minimum atomic E-state index is -0.612. The lowest BCUT2D eigenvalue weighted by molar-refractivity contribution is -0.125. The largest absolute Gasteiger partial charge is 0.392 e. The highest BCUT2D eigenvalue weighted by molar-refractivity contribution is 7.80. The van der Waals surface area contributed by atoms with E-state index in [-0.39, 0.29) is 5.91 Å². The fourth-order valence-electron chi connectivity index (χ4n) is 2.09. The SMILES string of the molecule is Cc1cccc(NC(=O)C2(C(N)=S)CCC2)c1. The minimum absolute atomic E-state index is 0.0677. The number of thiocarbonyl (C=S) groups is 1. The molecule has 0 atom stereocenters. The molecular formula is C13H16N2OS. The number of carbonyl (C=O) groups is 1. The van der Waals surface area contributed by atoms with E-state index >= 15 is 0 Å². The van der Waals surface area contributed by atoms with Crippen LogP contribution in [0.15, 0.2) is 24.3 Å². The van der Waals surface area contributed by atoms with Gasteiger partial charge in [-0.3, -0.25) is 4.79 Å². The van der Waals surface area contributed by atoms with Crippen LogP contribution in [0.25, 0.3) is 0 Å². The van der Waals surface area contributed by atoms with Crippen LogP contribution in [0.1, 0.15) is 24.8 Å². The Morgan fingerprint density at radius 3 is 2.65 bits per heavy atom. The van der Waals surface area contributed by atoms with Crippen LogP contribution in [0, 0.1) is 12.3 Å². The number of hydrogen-bond donors (Lipinski definition) is 2. The van der Waals surface area contributed by atoms with Crippen LogP contribution in [0.4, 0.5) is 5.69 Å². The molecule has 2 rings (SSSR count). The Balaban J connectivity index is 2.14. The Morgan fingerprint density at radius 1 is 1.47 bits per heavy atom. The third-order valence-corrected chi connectivity index (χ3v) is 3.78. The normalized spacial score (nSPS) is 17.0. The van der Waals surface area contributed by atoms with Crippen LogP contribution in [-0.2, 0) is 4.79 Å². The zero-order valence-corrected chi connectivity index (χ0v) is 10.6. The summed E-state index contributed by atoms with van der Waals surface area (Å²) in [6.45, 7) is 1.99. The number of anilines is 1. The maximum absolute atomic E-state index is 12.2. The third-order valence-electron chi connectivity index (χ3n) is 3.39. The highest BCUT2D eigenvalue weighted by Gasteiger charge is 2.46. The van der Waals surface area contributed by atoms with E-state index in [1.807, 2.05) is 31.2 Å². The number of amides is 1. The van der Waals surface area contributed by atoms with E-state index in [4.69, 9.17) is 18.0 Å². The Kier molecular flexibility index (Phi) is 3.15. The van der Waals surface area contributed by atoms with E-state index in [0.717, 1.165) is 30.5 Å². The Labute approximate surface area is 106 Å². The van der Waals surface area contributed by atoms with Crippen LogP contribution in [-0.4, -0.2) is 10.9 Å². The van der Waals surface area contributed by atoms with Crippen molar-refractivity contribution in [2.45, 2.75) is 26.2 Å². The molecule has 0 saturated heterocycles. The van der Waals surface area contributed by atoms with Gasteiger partial charge in [-0.25, -0.2) is 0 Å². The maximum atomic E-state index is 12.2. The average molecular weight is 248 g/mol. The molecule has 0 heterocycles. The predicted molar refractivity (Wildman–Crippen MR) is 72.9 cm³/mol. The van der Waals surface area contributed by atoms with Crippen molar-refractivity contribution >= 4 is 28.8 Å². The third kappa shape index (κ3) is 2.17. The van der Waals surface area contributed by atoms with Gasteiger partial charge in [0.1, 0.15) is 0 Å². The van der Waals surface area contributed by atoms with Gasteiger partial charge in [-0.2, -0.15) is 0 Å². The van der Waals surface area contributed by atoms with Gasteiger partial charge in [0.05, 0.1) is 10.4 Å². The smallest absolute Gasteiger partial charge is 0.237 e. The van der Waals surface area contributed by atoms with Crippen molar-refractivity contribution in [3.63, 3.8) is 0 Å². The quantitative estimate of drug-likeness (QED) is 0.808. The lowest BCUT2D eigenvalue weighted by Crippen LogP contribution is -2.50. The summed E-state index contributed by atoms with van der Waals surface area (Å²) in [5.41, 5.74) is 6.99. The molecule has 3 N–H and O–H groups in total. The monoisotopic (exact) mass is 248 g/mol. The van der Waals surface area contributed by atoms with E-state index in [1.165, 1.54) is 0 Å². The molecule has 0 spiro atoms. The standard InChI is InChI=1S/C13H16N2OS/c1-9-4-2-5-10(8-9)15-12(16)13(11(14)17)6-3-7-13/h2,4-5,8H,3,6-7H2,1H3,(H2,14,17)(H,15,16). The summed E-state index contributed by atoms with van der Waals surface area (Å²) < 4.78 is 0. The molecule has 0 bridgehead atoms. The van der Waals surface area contributed by atoms with E-state index in [2.05, 4.69) is 5.32 Å². The van der Waals surface area contributed by atoms with Gasteiger partial charge in [-0.1, -0.05) is 30.8 Å². The predicted octanol–water partition coefficient (Wildman–Crippen LogP) is 2.39. The van der Waals surface area contributed by atoms with Gasteiger partial charge >= 0.3 is 0 Å². The molecule has 1 aromatic carbocycles. The fraction of sp³-hybridized carbons (Fsp3) is 0.385. The first kappa shape index (κ1) is 12.0. The van der Waals surface area contributed by atoms with Gasteiger partial charge in [0.15, 0.2) is 0 Å². The van der Waals surface area contributed by atoms with Crippen LogP contribution >= 0.6 is 12.2 Å². The highest BCUT2D eigenvalue weighted by Crippen LogP contribution is 2.42. The molecule has 0 unspecified atom stereocenters. The first-order valence-corrected chi connectivity index (χ1v) is 6.13. The second-order valence-corrected chi connectivity index (χ2v) is 5.06. The molecule has 1 amide bonds. The summed E-state index contributed by atoms with van der Waals surface area (Å²) in [4.78, 5) is 12.5. The highest BCUT2D eigenvalue weighted by atomic mass is 32.1. The number of aryl methyl sites for hydroxylation is 1. The summed E-state index contributed by atoms with van der Waals surface area (Å²) >= 11 is 5.02. The topological polar surface area (TPSA) is 55.1 Å². The van der Waals surface area contributed by atoms with Gasteiger partial charge in [-0.15, -0.1) is 0 Å². The number of benzene rings is 1. The molecule has 1 aromatic rings. The molecule has 90 valence electrons. The van der Waals surface area contributed by atoms with Crippen molar-refractivity contribution < 1.29 is 4.79 Å². The van der Waals surface area contributed by atoms with Gasteiger partial charge < -0.3 is 11.1 Å². The number of rotatable bonds is 3. The van der Waals surface area contributed by atoms with Gasteiger partial charge in [0.2, 0.25) is 5.91 Å². The van der Waals surface area contributed by atoms with Gasteiger partial charge in [-0.05, 0) is 37.5 Å². The average Bonchev–Trinajstić information content (AvgIpc) is 2.14. The van der Waals surface area contributed by atoms with E-state index < -0.39 is 5.41 Å². The molecule has 0 aliphatic heterocycles. The number of nitrogens with two attached hydrogens (primary N) is 1. The number of hydrogen-bond acceptors (Lipinski definition) is 2. The summed E-state index contributed by atoms with van der Waals surface area (Å²) in [5, 5.41) is 2.90. The zero-order chi connectivity index (χ0) is 12.5. The Bertz CT molecular complexity index is 466. The minimum Gasteiger partial charge on any atom is -0.392 e. The first-order chi connectivity index (χ1) is 8.04. The molecule has 1 saturated carbocycles. The van der Waals surface area contributed by atoms with Crippen LogP contribution in [0.2, 0.25) is 0 Å². The van der Waals surface area contributed by atoms with Crippen molar-refractivity contribution in [3.05, 3.63) is 29.8 Å². The summed E-state index contributed by atoms with van der Waals surface area (Å²) in [6.07, 6.45) is 2.54. The van der Waals surface area contributed by atoms with Crippen molar-refractivity contribution in [3.8, 4) is 0 Å². The van der Waals surface area contributed by atoms with Gasteiger partial charge in [0.25, 0.3) is 0 Å². The van der Waals surface area contributed by atoms with Crippen molar-refractivity contribution in [1.82, 2.24) is 0 Å². The summed E-state index contributed by atoms with van der Waals surface area (Å²) in [5.74, 6) is -0.0677. The molecule has 17 heavy (non-hydrogen) atoms. The lowest BCUT2D eigenvalue weighted by Gasteiger charge is -2.39. The van der Waals surface area contributed by atoms with Crippen molar-refractivity contribution in [2.75, 3.05) is 5.32 Å². The van der Waals surface area contributed by atoms with Crippen LogP contribution in [0.5, 0.6) is 0 Å². The molecular weight excluding hydrogens is 232 g/mol. The maximum Gasteiger partial charge on any atom is 0.237 e.